The SMILES string of the molecule is COc1ccc(CCNC(=O)c2ccccc2NC(=O)[C@H](C)N(c2ccc(C)c(C)c2)S(C)(=O)=O)cc1OC. The first-order valence-corrected chi connectivity index (χ1v) is 14.3. The Kier molecular flexibility index (Phi) is 9.58. The van der Waals surface area contributed by atoms with E-state index >= 15 is 0 Å². The van der Waals surface area contributed by atoms with Crippen LogP contribution in [0.5, 0.6) is 11.5 Å². The van der Waals surface area contributed by atoms with Gasteiger partial charge < -0.3 is 20.1 Å². The highest BCUT2D eigenvalue weighted by Crippen LogP contribution is 2.28. The summed E-state index contributed by atoms with van der Waals surface area (Å²) in [6.45, 7) is 5.67. The van der Waals surface area contributed by atoms with E-state index < -0.39 is 22.0 Å². The molecule has 3 rings (SSSR count). The summed E-state index contributed by atoms with van der Waals surface area (Å²) in [5.74, 6) is 0.293. The van der Waals surface area contributed by atoms with Crippen molar-refractivity contribution in [2.24, 2.45) is 0 Å². The lowest BCUT2D eigenvalue weighted by Gasteiger charge is -2.29. The molecule has 0 bridgehead atoms. The third kappa shape index (κ3) is 7.29. The average molecular weight is 554 g/mol. The summed E-state index contributed by atoms with van der Waals surface area (Å²) in [7, 11) is -0.654. The smallest absolute Gasteiger partial charge is 0.253 e. The van der Waals surface area contributed by atoms with Gasteiger partial charge in [-0.25, -0.2) is 8.42 Å². The lowest BCUT2D eigenvalue weighted by Crippen LogP contribution is -2.45. The van der Waals surface area contributed by atoms with Gasteiger partial charge in [-0.05, 0) is 80.3 Å². The fourth-order valence-electron chi connectivity index (χ4n) is 4.15. The molecule has 0 aliphatic heterocycles. The number of aryl methyl sites for hydroxylation is 2. The number of para-hydroxylation sites is 1. The second kappa shape index (κ2) is 12.7. The minimum atomic E-state index is -3.78. The van der Waals surface area contributed by atoms with Gasteiger partial charge >= 0.3 is 0 Å². The highest BCUT2D eigenvalue weighted by Gasteiger charge is 2.30. The number of nitrogens with one attached hydrogen (secondary N) is 2. The number of hydrogen-bond acceptors (Lipinski definition) is 6. The molecule has 1 atom stereocenters. The predicted molar refractivity (Wildman–Crippen MR) is 153 cm³/mol. The predicted octanol–water partition coefficient (Wildman–Crippen LogP) is 4.09. The van der Waals surface area contributed by atoms with Crippen LogP contribution in [-0.4, -0.2) is 53.3 Å². The van der Waals surface area contributed by atoms with E-state index in [0.717, 1.165) is 27.3 Å². The van der Waals surface area contributed by atoms with Crippen molar-refractivity contribution in [1.82, 2.24) is 5.32 Å². The molecule has 0 aliphatic rings. The normalized spacial score (nSPS) is 11.8. The maximum absolute atomic E-state index is 13.2. The van der Waals surface area contributed by atoms with Gasteiger partial charge in [0.2, 0.25) is 15.9 Å². The number of ether oxygens (including phenoxy) is 2. The second-order valence-electron chi connectivity index (χ2n) is 9.23. The van der Waals surface area contributed by atoms with E-state index in [1.807, 2.05) is 32.0 Å². The Morgan fingerprint density at radius 2 is 1.62 bits per heavy atom. The Hall–Kier alpha value is -4.05. The van der Waals surface area contributed by atoms with Gasteiger partial charge in [0.25, 0.3) is 5.91 Å². The van der Waals surface area contributed by atoms with Crippen molar-refractivity contribution < 1.29 is 27.5 Å². The summed E-state index contributed by atoms with van der Waals surface area (Å²) < 4.78 is 37.0. The molecule has 3 aromatic carbocycles. The van der Waals surface area contributed by atoms with E-state index in [1.165, 1.54) is 6.92 Å². The molecule has 3 aromatic rings. The molecular formula is C29H35N3O6S. The summed E-state index contributed by atoms with van der Waals surface area (Å²) >= 11 is 0. The van der Waals surface area contributed by atoms with Crippen molar-refractivity contribution >= 4 is 33.2 Å². The number of methoxy groups -OCH3 is 2. The fraction of sp³-hybridized carbons (Fsp3) is 0.310. The minimum absolute atomic E-state index is 0.266. The summed E-state index contributed by atoms with van der Waals surface area (Å²) in [4.78, 5) is 26.2. The van der Waals surface area contributed by atoms with Crippen LogP contribution in [0, 0.1) is 13.8 Å². The molecule has 0 saturated heterocycles. The molecule has 0 aliphatic carbocycles. The number of nitrogens with zero attached hydrogens (tertiary/aromatic N) is 1. The Balaban J connectivity index is 1.73. The highest BCUT2D eigenvalue weighted by molar-refractivity contribution is 7.92. The third-order valence-corrected chi connectivity index (χ3v) is 7.65. The quantitative estimate of drug-likeness (QED) is 0.370. The van der Waals surface area contributed by atoms with Crippen LogP contribution in [0.25, 0.3) is 0 Å². The van der Waals surface area contributed by atoms with Crippen LogP contribution < -0.4 is 24.4 Å². The van der Waals surface area contributed by atoms with Crippen molar-refractivity contribution in [2.75, 3.05) is 36.6 Å². The largest absolute Gasteiger partial charge is 0.493 e. The molecule has 39 heavy (non-hydrogen) atoms. The van der Waals surface area contributed by atoms with E-state index in [0.29, 0.717) is 30.2 Å². The number of carbonyl (C=O) groups excluding carboxylic acids is 2. The summed E-state index contributed by atoms with van der Waals surface area (Å²) in [6, 6.07) is 16.3. The lowest BCUT2D eigenvalue weighted by atomic mass is 10.1. The number of benzene rings is 3. The highest BCUT2D eigenvalue weighted by atomic mass is 32.2. The van der Waals surface area contributed by atoms with Crippen LogP contribution in [0.4, 0.5) is 11.4 Å². The van der Waals surface area contributed by atoms with Gasteiger partial charge in [-0.2, -0.15) is 0 Å². The Morgan fingerprint density at radius 3 is 2.26 bits per heavy atom. The number of carbonyl (C=O) groups is 2. The van der Waals surface area contributed by atoms with Gasteiger partial charge in [0.05, 0.1) is 37.4 Å². The Bertz CT molecular complexity index is 1460. The van der Waals surface area contributed by atoms with Crippen LogP contribution in [0.2, 0.25) is 0 Å². The van der Waals surface area contributed by atoms with E-state index in [1.54, 1.807) is 56.7 Å². The Labute approximate surface area is 230 Å². The van der Waals surface area contributed by atoms with E-state index in [9.17, 15) is 18.0 Å². The number of amides is 2. The molecule has 0 saturated carbocycles. The van der Waals surface area contributed by atoms with E-state index in [2.05, 4.69) is 10.6 Å². The number of anilines is 2. The van der Waals surface area contributed by atoms with Crippen molar-refractivity contribution in [2.45, 2.75) is 33.2 Å². The van der Waals surface area contributed by atoms with Crippen LogP contribution in [-0.2, 0) is 21.2 Å². The standard InChI is InChI=1S/C29H35N3O6S/c1-19-11-13-23(17-20(19)2)32(39(6,35)36)21(3)28(33)31-25-10-8-7-9-24(25)29(34)30-16-15-22-12-14-26(37-4)27(18-22)38-5/h7-14,17-18,21H,15-16H2,1-6H3,(H,30,34)(H,31,33)/t21-/m0/s1. The monoisotopic (exact) mass is 553 g/mol. The summed E-state index contributed by atoms with van der Waals surface area (Å²) in [5.41, 5.74) is 3.81. The third-order valence-electron chi connectivity index (χ3n) is 6.41. The molecule has 0 heterocycles. The zero-order valence-electron chi connectivity index (χ0n) is 23.1. The molecule has 0 unspecified atom stereocenters. The number of hydrogen-bond donors (Lipinski definition) is 2. The average Bonchev–Trinajstić information content (AvgIpc) is 2.90. The van der Waals surface area contributed by atoms with Crippen LogP contribution >= 0.6 is 0 Å². The van der Waals surface area contributed by atoms with E-state index in [4.69, 9.17) is 9.47 Å². The first-order valence-electron chi connectivity index (χ1n) is 12.4. The molecule has 2 N–H and O–H groups in total. The van der Waals surface area contributed by atoms with Crippen molar-refractivity contribution in [3.8, 4) is 11.5 Å². The maximum Gasteiger partial charge on any atom is 0.253 e. The molecule has 0 fully saturated rings. The molecule has 208 valence electrons. The fourth-order valence-corrected chi connectivity index (χ4v) is 5.32. The molecular weight excluding hydrogens is 518 g/mol. The number of rotatable bonds is 11. The second-order valence-corrected chi connectivity index (χ2v) is 11.1. The zero-order chi connectivity index (χ0) is 28.7. The van der Waals surface area contributed by atoms with Gasteiger partial charge in [0, 0.05) is 6.54 Å². The molecule has 0 radical (unpaired) electrons. The summed E-state index contributed by atoms with van der Waals surface area (Å²) in [5, 5.41) is 5.61. The number of sulfonamides is 1. The van der Waals surface area contributed by atoms with Gasteiger partial charge in [-0.3, -0.25) is 13.9 Å². The molecule has 9 nitrogen and oxygen atoms in total. The van der Waals surface area contributed by atoms with Crippen molar-refractivity contribution in [1.29, 1.82) is 0 Å². The first-order chi connectivity index (χ1) is 18.5. The topological polar surface area (TPSA) is 114 Å². The van der Waals surface area contributed by atoms with Crippen LogP contribution in [0.1, 0.15) is 34.0 Å². The van der Waals surface area contributed by atoms with Crippen LogP contribution in [0.15, 0.2) is 60.7 Å². The van der Waals surface area contributed by atoms with E-state index in [-0.39, 0.29) is 17.2 Å². The van der Waals surface area contributed by atoms with Crippen LogP contribution in [0.3, 0.4) is 0 Å². The van der Waals surface area contributed by atoms with Gasteiger partial charge in [0.15, 0.2) is 11.5 Å². The molecule has 2 amide bonds. The lowest BCUT2D eigenvalue weighted by molar-refractivity contribution is -0.116. The Morgan fingerprint density at radius 1 is 0.923 bits per heavy atom. The van der Waals surface area contributed by atoms with Gasteiger partial charge in [0.1, 0.15) is 6.04 Å². The van der Waals surface area contributed by atoms with Gasteiger partial charge in [-0.1, -0.05) is 24.3 Å². The first kappa shape index (κ1) is 29.5. The zero-order valence-corrected chi connectivity index (χ0v) is 23.9. The molecule has 10 heteroatoms. The summed E-state index contributed by atoms with van der Waals surface area (Å²) in [6.07, 6.45) is 1.61. The molecule has 0 aromatic heterocycles. The van der Waals surface area contributed by atoms with Crippen molar-refractivity contribution in [3.63, 3.8) is 0 Å². The maximum atomic E-state index is 13.2. The molecule has 0 spiro atoms. The minimum Gasteiger partial charge on any atom is -0.493 e. The van der Waals surface area contributed by atoms with Gasteiger partial charge in [-0.15, -0.1) is 0 Å². The van der Waals surface area contributed by atoms with Crippen molar-refractivity contribution in [3.05, 3.63) is 82.9 Å².